The summed E-state index contributed by atoms with van der Waals surface area (Å²) < 4.78 is 10.8. The summed E-state index contributed by atoms with van der Waals surface area (Å²) in [6.07, 6.45) is 6.70. The highest BCUT2D eigenvalue weighted by Crippen LogP contribution is 2.03. The zero-order valence-corrected chi connectivity index (χ0v) is 9.87. The highest BCUT2D eigenvalue weighted by Gasteiger charge is 2.09. The molecule has 2 unspecified atom stereocenters. The maximum atomic E-state index is 10.8. The Hall–Kier alpha value is 0.0700. The van der Waals surface area contributed by atoms with Crippen molar-refractivity contribution in [3.8, 4) is 0 Å². The zero-order valence-electron chi connectivity index (χ0n) is 9.05. The summed E-state index contributed by atoms with van der Waals surface area (Å²) in [5, 5.41) is 6.94. The standard InChI is InChI=1S/C10H22N2OS/c1-14(13)8-4-7-12-10-5-2-3-6-11-9-10/h10-12H,2-9H2,1H3. The molecule has 0 aromatic rings. The van der Waals surface area contributed by atoms with Gasteiger partial charge in [0.05, 0.1) is 0 Å². The van der Waals surface area contributed by atoms with Crippen molar-refractivity contribution in [3.05, 3.63) is 0 Å². The predicted molar refractivity (Wildman–Crippen MR) is 62.1 cm³/mol. The minimum atomic E-state index is -0.631. The van der Waals surface area contributed by atoms with Crippen LogP contribution in [0.1, 0.15) is 25.7 Å². The van der Waals surface area contributed by atoms with E-state index < -0.39 is 10.8 Å². The highest BCUT2D eigenvalue weighted by molar-refractivity contribution is 7.84. The largest absolute Gasteiger partial charge is 0.315 e. The van der Waals surface area contributed by atoms with Gasteiger partial charge in [-0.15, -0.1) is 0 Å². The van der Waals surface area contributed by atoms with Crippen LogP contribution in [0.15, 0.2) is 0 Å². The van der Waals surface area contributed by atoms with Crippen LogP contribution in [-0.4, -0.2) is 41.9 Å². The first-order valence-electron chi connectivity index (χ1n) is 5.53. The molecule has 2 N–H and O–H groups in total. The van der Waals surface area contributed by atoms with Crippen molar-refractivity contribution >= 4 is 10.8 Å². The van der Waals surface area contributed by atoms with Gasteiger partial charge in [-0.25, -0.2) is 0 Å². The molecule has 0 aliphatic carbocycles. The highest BCUT2D eigenvalue weighted by atomic mass is 32.2. The lowest BCUT2D eigenvalue weighted by atomic mass is 10.1. The molecule has 1 heterocycles. The van der Waals surface area contributed by atoms with Crippen LogP contribution in [-0.2, 0) is 10.8 Å². The molecule has 3 nitrogen and oxygen atoms in total. The summed E-state index contributed by atoms with van der Waals surface area (Å²) in [4.78, 5) is 0. The molecule has 0 aromatic heterocycles. The monoisotopic (exact) mass is 218 g/mol. The first-order chi connectivity index (χ1) is 6.79. The topological polar surface area (TPSA) is 41.1 Å². The van der Waals surface area contributed by atoms with Crippen molar-refractivity contribution < 1.29 is 4.21 Å². The summed E-state index contributed by atoms with van der Waals surface area (Å²) in [6.45, 7) is 3.26. The minimum absolute atomic E-state index is 0.628. The van der Waals surface area contributed by atoms with Gasteiger partial charge in [-0.05, 0) is 32.4 Å². The molecule has 14 heavy (non-hydrogen) atoms. The molecule has 0 aromatic carbocycles. The number of nitrogens with one attached hydrogen (secondary N) is 2. The zero-order chi connectivity index (χ0) is 10.2. The molecule has 0 bridgehead atoms. The van der Waals surface area contributed by atoms with E-state index in [2.05, 4.69) is 10.6 Å². The van der Waals surface area contributed by atoms with Gasteiger partial charge in [0, 0.05) is 35.4 Å². The summed E-state index contributed by atoms with van der Waals surface area (Å²) >= 11 is 0. The molecule has 84 valence electrons. The van der Waals surface area contributed by atoms with Crippen molar-refractivity contribution in [2.75, 3.05) is 31.6 Å². The number of rotatable bonds is 5. The fourth-order valence-electron chi connectivity index (χ4n) is 1.77. The van der Waals surface area contributed by atoms with E-state index in [1.165, 1.54) is 19.3 Å². The van der Waals surface area contributed by atoms with Gasteiger partial charge >= 0.3 is 0 Å². The van der Waals surface area contributed by atoms with Gasteiger partial charge in [-0.1, -0.05) is 6.42 Å². The molecule has 2 atom stereocenters. The summed E-state index contributed by atoms with van der Waals surface area (Å²) in [7, 11) is -0.631. The Kier molecular flexibility index (Phi) is 6.39. The fraction of sp³-hybridized carbons (Fsp3) is 1.00. The third-order valence-electron chi connectivity index (χ3n) is 2.59. The van der Waals surface area contributed by atoms with Crippen LogP contribution in [0.3, 0.4) is 0 Å². The van der Waals surface area contributed by atoms with Crippen molar-refractivity contribution in [2.45, 2.75) is 31.7 Å². The van der Waals surface area contributed by atoms with Gasteiger partial charge in [0.25, 0.3) is 0 Å². The molecule has 1 rings (SSSR count). The normalized spacial score (nSPS) is 25.6. The van der Waals surface area contributed by atoms with Gasteiger partial charge in [0.2, 0.25) is 0 Å². The van der Waals surface area contributed by atoms with E-state index in [0.29, 0.717) is 6.04 Å². The molecular formula is C10H22N2OS. The van der Waals surface area contributed by atoms with Crippen molar-refractivity contribution in [3.63, 3.8) is 0 Å². The molecule has 0 radical (unpaired) electrons. The molecular weight excluding hydrogens is 196 g/mol. The van der Waals surface area contributed by atoms with Gasteiger partial charge in [0.15, 0.2) is 0 Å². The van der Waals surface area contributed by atoms with Gasteiger partial charge in [0.1, 0.15) is 0 Å². The quantitative estimate of drug-likeness (QED) is 0.660. The molecule has 0 amide bonds. The summed E-state index contributed by atoms with van der Waals surface area (Å²) in [5.41, 5.74) is 0. The second-order valence-corrected chi connectivity index (χ2v) is 5.54. The van der Waals surface area contributed by atoms with E-state index in [-0.39, 0.29) is 0 Å². The van der Waals surface area contributed by atoms with E-state index >= 15 is 0 Å². The Balaban J connectivity index is 2.01. The average Bonchev–Trinajstić information content (AvgIpc) is 2.40. The second-order valence-electron chi connectivity index (χ2n) is 3.98. The second kappa shape index (κ2) is 7.37. The lowest BCUT2D eigenvalue weighted by molar-refractivity contribution is 0.476. The number of hydrogen-bond donors (Lipinski definition) is 2. The number of hydrogen-bond acceptors (Lipinski definition) is 3. The van der Waals surface area contributed by atoms with E-state index in [9.17, 15) is 4.21 Å². The summed E-state index contributed by atoms with van der Waals surface area (Å²) in [6, 6.07) is 0.628. The molecule has 0 saturated carbocycles. The minimum Gasteiger partial charge on any atom is -0.315 e. The Labute approximate surface area is 89.5 Å². The van der Waals surface area contributed by atoms with E-state index in [1.54, 1.807) is 6.26 Å². The van der Waals surface area contributed by atoms with Crippen LogP contribution in [0.5, 0.6) is 0 Å². The molecule has 1 fully saturated rings. The van der Waals surface area contributed by atoms with Crippen LogP contribution in [0, 0.1) is 0 Å². The van der Waals surface area contributed by atoms with Crippen LogP contribution in [0.25, 0.3) is 0 Å². The maximum Gasteiger partial charge on any atom is 0.0244 e. The van der Waals surface area contributed by atoms with Crippen LogP contribution >= 0.6 is 0 Å². The van der Waals surface area contributed by atoms with E-state index in [4.69, 9.17) is 0 Å². The molecule has 4 heteroatoms. The smallest absolute Gasteiger partial charge is 0.0244 e. The van der Waals surface area contributed by atoms with Gasteiger partial charge in [-0.2, -0.15) is 0 Å². The van der Waals surface area contributed by atoms with Crippen LogP contribution in [0.2, 0.25) is 0 Å². The lowest BCUT2D eigenvalue weighted by Crippen LogP contribution is -2.37. The summed E-state index contributed by atoms with van der Waals surface area (Å²) in [5.74, 6) is 0.827. The SMILES string of the molecule is CS(=O)CCCNC1CCCCNC1. The van der Waals surface area contributed by atoms with Crippen molar-refractivity contribution in [1.82, 2.24) is 10.6 Å². The molecule has 1 aliphatic heterocycles. The first-order valence-corrected chi connectivity index (χ1v) is 7.26. The van der Waals surface area contributed by atoms with E-state index in [0.717, 1.165) is 31.8 Å². The van der Waals surface area contributed by atoms with Gasteiger partial charge < -0.3 is 10.6 Å². The van der Waals surface area contributed by atoms with Gasteiger partial charge in [-0.3, -0.25) is 4.21 Å². The maximum absolute atomic E-state index is 10.8. The van der Waals surface area contributed by atoms with E-state index in [1.807, 2.05) is 0 Å². The fourth-order valence-corrected chi connectivity index (χ4v) is 2.33. The predicted octanol–water partition coefficient (Wildman–Crippen LogP) is 0.487. The molecule has 1 saturated heterocycles. The Morgan fingerprint density at radius 2 is 2.36 bits per heavy atom. The Morgan fingerprint density at radius 3 is 3.14 bits per heavy atom. The Morgan fingerprint density at radius 1 is 1.50 bits per heavy atom. The van der Waals surface area contributed by atoms with Crippen LogP contribution < -0.4 is 10.6 Å². The van der Waals surface area contributed by atoms with Crippen LogP contribution in [0.4, 0.5) is 0 Å². The molecule has 1 aliphatic rings. The van der Waals surface area contributed by atoms with Crippen molar-refractivity contribution in [1.29, 1.82) is 0 Å². The molecule has 0 spiro atoms. The average molecular weight is 218 g/mol. The first kappa shape index (κ1) is 12.1. The third kappa shape index (κ3) is 5.73. The lowest BCUT2D eigenvalue weighted by Gasteiger charge is -2.15. The Bertz CT molecular complexity index is 168. The van der Waals surface area contributed by atoms with Crippen molar-refractivity contribution in [2.24, 2.45) is 0 Å². The third-order valence-corrected chi connectivity index (χ3v) is 3.45.